The largest absolute Gasteiger partial charge is 0.488 e. The second-order valence-corrected chi connectivity index (χ2v) is 4.06. The van der Waals surface area contributed by atoms with Crippen LogP contribution in [0.1, 0.15) is 5.56 Å². The van der Waals surface area contributed by atoms with E-state index in [1.54, 1.807) is 0 Å². The Morgan fingerprint density at radius 3 is 2.53 bits per heavy atom. The van der Waals surface area contributed by atoms with Crippen LogP contribution >= 0.6 is 15.9 Å². The average molecular weight is 262 g/mol. The molecule has 0 heterocycles. The molecule has 0 aliphatic rings. The van der Waals surface area contributed by atoms with Gasteiger partial charge in [-0.2, -0.15) is 0 Å². The lowest BCUT2D eigenvalue weighted by molar-refractivity contribution is 0.305. The molecule has 0 bridgehead atoms. The maximum Gasteiger partial charge on any atom is 0.127 e. The molecule has 0 saturated carbocycles. The van der Waals surface area contributed by atoms with Gasteiger partial charge in [-0.1, -0.05) is 46.3 Å². The summed E-state index contributed by atoms with van der Waals surface area (Å²) in [4.78, 5) is 0. The standard InChI is InChI=1S/C13H10BrO/c14-12-8-6-11(7-9-12)10-15-13-4-2-1-3-5-13/h1-4,6-9H,10H2. The molecule has 0 N–H and O–H groups in total. The van der Waals surface area contributed by atoms with Gasteiger partial charge < -0.3 is 4.74 Å². The molecule has 0 atom stereocenters. The Bertz CT molecular complexity index is 408. The highest BCUT2D eigenvalue weighted by Gasteiger charge is 1.95. The number of benzene rings is 2. The number of para-hydroxylation sites is 1. The van der Waals surface area contributed by atoms with Crippen molar-refractivity contribution in [2.75, 3.05) is 0 Å². The molecule has 2 heteroatoms. The first-order valence-corrected chi connectivity index (χ1v) is 5.48. The van der Waals surface area contributed by atoms with E-state index in [0.29, 0.717) is 6.61 Å². The van der Waals surface area contributed by atoms with Crippen LogP contribution in [0.2, 0.25) is 0 Å². The van der Waals surface area contributed by atoms with Gasteiger partial charge in [0.25, 0.3) is 0 Å². The summed E-state index contributed by atoms with van der Waals surface area (Å²) in [5, 5.41) is 0. The van der Waals surface area contributed by atoms with Crippen molar-refractivity contribution in [1.82, 2.24) is 0 Å². The van der Waals surface area contributed by atoms with Crippen LogP contribution in [-0.4, -0.2) is 0 Å². The number of rotatable bonds is 3. The van der Waals surface area contributed by atoms with E-state index in [-0.39, 0.29) is 0 Å². The van der Waals surface area contributed by atoms with E-state index in [1.807, 2.05) is 48.5 Å². The molecule has 0 aliphatic heterocycles. The third-order valence-electron chi connectivity index (χ3n) is 1.99. The predicted molar refractivity (Wildman–Crippen MR) is 63.8 cm³/mol. The maximum absolute atomic E-state index is 5.56. The van der Waals surface area contributed by atoms with Crippen LogP contribution in [0.4, 0.5) is 0 Å². The molecule has 0 saturated heterocycles. The Kier molecular flexibility index (Phi) is 3.41. The summed E-state index contributed by atoms with van der Waals surface area (Å²) in [5.74, 6) is 0.778. The maximum atomic E-state index is 5.56. The normalized spacial score (nSPS) is 9.93. The molecule has 0 unspecified atom stereocenters. The van der Waals surface area contributed by atoms with Crippen molar-refractivity contribution in [2.24, 2.45) is 0 Å². The quantitative estimate of drug-likeness (QED) is 0.816. The van der Waals surface area contributed by atoms with E-state index in [0.717, 1.165) is 15.8 Å². The number of ether oxygens (including phenoxy) is 1. The predicted octanol–water partition coefficient (Wildman–Crippen LogP) is 3.83. The van der Waals surface area contributed by atoms with Crippen LogP contribution in [0.25, 0.3) is 0 Å². The van der Waals surface area contributed by atoms with Crippen LogP contribution < -0.4 is 4.74 Å². The van der Waals surface area contributed by atoms with E-state index in [2.05, 4.69) is 22.0 Å². The van der Waals surface area contributed by atoms with Gasteiger partial charge in [0.2, 0.25) is 0 Å². The molecule has 0 aromatic heterocycles. The average Bonchev–Trinajstić information content (AvgIpc) is 2.30. The smallest absolute Gasteiger partial charge is 0.127 e. The summed E-state index contributed by atoms with van der Waals surface area (Å²) in [6.45, 7) is 0.577. The van der Waals surface area contributed by atoms with Gasteiger partial charge in [0.05, 0.1) is 0 Å². The molecule has 15 heavy (non-hydrogen) atoms. The molecule has 0 amide bonds. The van der Waals surface area contributed by atoms with Crippen LogP contribution in [0.3, 0.4) is 0 Å². The van der Waals surface area contributed by atoms with Crippen LogP contribution in [0, 0.1) is 6.07 Å². The van der Waals surface area contributed by atoms with Crippen LogP contribution in [0.5, 0.6) is 5.75 Å². The first-order chi connectivity index (χ1) is 7.34. The highest BCUT2D eigenvalue weighted by atomic mass is 79.9. The van der Waals surface area contributed by atoms with Gasteiger partial charge in [0.1, 0.15) is 12.4 Å². The highest BCUT2D eigenvalue weighted by Crippen LogP contribution is 2.13. The molecule has 2 aromatic rings. The molecule has 0 fully saturated rings. The van der Waals surface area contributed by atoms with Crippen molar-refractivity contribution in [1.29, 1.82) is 0 Å². The van der Waals surface area contributed by atoms with Gasteiger partial charge in [-0.3, -0.25) is 0 Å². The summed E-state index contributed by atoms with van der Waals surface area (Å²) >= 11 is 3.39. The van der Waals surface area contributed by atoms with Gasteiger partial charge in [-0.05, 0) is 23.8 Å². The minimum absolute atomic E-state index is 0.577. The van der Waals surface area contributed by atoms with Crippen molar-refractivity contribution in [3.8, 4) is 5.75 Å². The van der Waals surface area contributed by atoms with Crippen molar-refractivity contribution in [3.63, 3.8) is 0 Å². The molecule has 2 rings (SSSR count). The van der Waals surface area contributed by atoms with Gasteiger partial charge in [-0.25, -0.2) is 0 Å². The molecule has 1 radical (unpaired) electrons. The summed E-state index contributed by atoms with van der Waals surface area (Å²) in [7, 11) is 0. The van der Waals surface area contributed by atoms with Gasteiger partial charge >= 0.3 is 0 Å². The van der Waals surface area contributed by atoms with Crippen molar-refractivity contribution >= 4 is 15.9 Å². The SMILES string of the molecule is Brc1ccc(COc2[c]cccc2)cc1. The summed E-state index contributed by atoms with van der Waals surface area (Å²) in [6, 6.07) is 18.7. The van der Waals surface area contributed by atoms with E-state index in [1.165, 1.54) is 0 Å². The lowest BCUT2D eigenvalue weighted by atomic mass is 10.2. The fraction of sp³-hybridized carbons (Fsp3) is 0.0769. The van der Waals surface area contributed by atoms with E-state index in [4.69, 9.17) is 4.74 Å². The first kappa shape index (κ1) is 10.2. The van der Waals surface area contributed by atoms with E-state index < -0.39 is 0 Å². The molecule has 0 aliphatic carbocycles. The summed E-state index contributed by atoms with van der Waals surface area (Å²) in [6.07, 6.45) is 0. The highest BCUT2D eigenvalue weighted by molar-refractivity contribution is 9.10. The molecular weight excluding hydrogens is 252 g/mol. The number of hydrogen-bond donors (Lipinski definition) is 0. The third-order valence-corrected chi connectivity index (χ3v) is 2.52. The van der Waals surface area contributed by atoms with Crippen molar-refractivity contribution < 1.29 is 4.74 Å². The van der Waals surface area contributed by atoms with Gasteiger partial charge in [0.15, 0.2) is 0 Å². The minimum atomic E-state index is 0.577. The van der Waals surface area contributed by atoms with E-state index in [9.17, 15) is 0 Å². The Hall–Kier alpha value is -1.28. The minimum Gasteiger partial charge on any atom is -0.488 e. The number of halogens is 1. The third kappa shape index (κ3) is 3.10. The molecular formula is C13H10BrO. The Labute approximate surface area is 97.8 Å². The van der Waals surface area contributed by atoms with Gasteiger partial charge in [-0.15, -0.1) is 0 Å². The molecule has 75 valence electrons. The van der Waals surface area contributed by atoms with Crippen molar-refractivity contribution in [3.05, 3.63) is 64.6 Å². The van der Waals surface area contributed by atoms with Crippen LogP contribution in [-0.2, 0) is 6.61 Å². The van der Waals surface area contributed by atoms with Crippen molar-refractivity contribution in [2.45, 2.75) is 6.61 Å². The zero-order valence-corrected chi connectivity index (χ0v) is 9.70. The Morgan fingerprint density at radius 2 is 1.87 bits per heavy atom. The zero-order valence-electron chi connectivity index (χ0n) is 8.11. The Balaban J connectivity index is 1.96. The van der Waals surface area contributed by atoms with Gasteiger partial charge in [0, 0.05) is 10.5 Å². The number of hydrogen-bond acceptors (Lipinski definition) is 1. The summed E-state index contributed by atoms with van der Waals surface area (Å²) < 4.78 is 6.64. The Morgan fingerprint density at radius 1 is 1.07 bits per heavy atom. The second-order valence-electron chi connectivity index (χ2n) is 3.14. The lowest BCUT2D eigenvalue weighted by Crippen LogP contribution is -1.94. The fourth-order valence-corrected chi connectivity index (χ4v) is 1.47. The first-order valence-electron chi connectivity index (χ1n) is 4.68. The molecule has 0 spiro atoms. The van der Waals surface area contributed by atoms with Crippen LogP contribution in [0.15, 0.2) is 53.0 Å². The molecule has 2 aromatic carbocycles. The second kappa shape index (κ2) is 4.99. The monoisotopic (exact) mass is 261 g/mol. The lowest BCUT2D eigenvalue weighted by Gasteiger charge is -2.05. The fourth-order valence-electron chi connectivity index (χ4n) is 1.21. The summed E-state index contributed by atoms with van der Waals surface area (Å²) in [5.41, 5.74) is 1.15. The van der Waals surface area contributed by atoms with E-state index >= 15 is 0 Å². The molecule has 1 nitrogen and oxygen atoms in total. The topological polar surface area (TPSA) is 9.23 Å². The zero-order chi connectivity index (χ0) is 10.5.